The molecule has 0 spiro atoms. The van der Waals surface area contributed by atoms with E-state index in [0.717, 1.165) is 19.0 Å². The molecule has 2 unspecified atom stereocenters. The van der Waals surface area contributed by atoms with Crippen LogP contribution in [0, 0.1) is 5.92 Å². The van der Waals surface area contributed by atoms with Crippen molar-refractivity contribution < 1.29 is 0 Å². The zero-order chi connectivity index (χ0) is 13.9. The van der Waals surface area contributed by atoms with Crippen molar-refractivity contribution in [3.63, 3.8) is 0 Å². The Morgan fingerprint density at radius 1 is 1.53 bits per heavy atom. The van der Waals surface area contributed by atoms with E-state index in [1.807, 2.05) is 11.3 Å². The molecule has 1 heterocycles. The molecule has 2 nitrogen and oxygen atoms in total. The molecule has 1 aliphatic carbocycles. The molecule has 19 heavy (non-hydrogen) atoms. The van der Waals surface area contributed by atoms with Crippen LogP contribution in [0.3, 0.4) is 0 Å². The molecule has 1 aromatic heterocycles. The first-order valence-corrected chi connectivity index (χ1v) is 8.44. The van der Waals surface area contributed by atoms with Crippen LogP contribution < -0.4 is 5.73 Å². The molecular weight excluding hydrogens is 252 g/mol. The Morgan fingerprint density at radius 2 is 2.32 bits per heavy atom. The lowest BCUT2D eigenvalue weighted by Crippen LogP contribution is -2.58. The molecule has 1 aromatic rings. The summed E-state index contributed by atoms with van der Waals surface area (Å²) in [6.07, 6.45) is 5.21. The highest BCUT2D eigenvalue weighted by atomic mass is 32.1. The Bertz CT molecular complexity index is 374. The Labute approximate surface area is 122 Å². The van der Waals surface area contributed by atoms with E-state index in [9.17, 15) is 0 Å². The lowest BCUT2D eigenvalue weighted by Gasteiger charge is -2.49. The van der Waals surface area contributed by atoms with Gasteiger partial charge in [-0.3, -0.25) is 4.90 Å². The molecule has 3 heteroatoms. The highest BCUT2D eigenvalue weighted by Crippen LogP contribution is 2.38. The van der Waals surface area contributed by atoms with Crippen LogP contribution in [0.2, 0.25) is 0 Å². The minimum absolute atomic E-state index is 0.218. The number of nitrogens with zero attached hydrogens (tertiary/aromatic N) is 1. The minimum Gasteiger partial charge on any atom is -0.329 e. The molecule has 2 atom stereocenters. The summed E-state index contributed by atoms with van der Waals surface area (Å²) in [7, 11) is 0. The predicted octanol–water partition coefficient (Wildman–Crippen LogP) is 3.87. The fourth-order valence-electron chi connectivity index (χ4n) is 3.66. The van der Waals surface area contributed by atoms with E-state index in [2.05, 4.69) is 43.2 Å². The highest BCUT2D eigenvalue weighted by Gasteiger charge is 2.40. The first-order valence-electron chi connectivity index (χ1n) is 7.56. The number of thiophene rings is 1. The maximum absolute atomic E-state index is 6.23. The van der Waals surface area contributed by atoms with E-state index in [1.54, 1.807) is 0 Å². The van der Waals surface area contributed by atoms with Gasteiger partial charge in [0.25, 0.3) is 0 Å². The van der Waals surface area contributed by atoms with E-state index < -0.39 is 0 Å². The third kappa shape index (κ3) is 3.39. The highest BCUT2D eigenvalue weighted by molar-refractivity contribution is 7.09. The molecule has 2 N–H and O–H groups in total. The summed E-state index contributed by atoms with van der Waals surface area (Å²) in [5.74, 6) is 0.807. The average Bonchev–Trinajstić information content (AvgIpc) is 2.88. The molecule has 0 radical (unpaired) electrons. The third-order valence-corrected chi connectivity index (χ3v) is 5.45. The minimum atomic E-state index is 0.218. The second kappa shape index (κ2) is 6.38. The van der Waals surface area contributed by atoms with Crippen LogP contribution in [0.4, 0.5) is 0 Å². The second-order valence-corrected chi connectivity index (χ2v) is 7.46. The van der Waals surface area contributed by atoms with Crippen LogP contribution in [0.25, 0.3) is 0 Å². The molecule has 0 saturated heterocycles. The van der Waals surface area contributed by atoms with E-state index in [-0.39, 0.29) is 5.54 Å². The number of hydrogen-bond donors (Lipinski definition) is 1. The molecule has 0 bridgehead atoms. The first-order chi connectivity index (χ1) is 9.07. The second-order valence-electron chi connectivity index (χ2n) is 6.43. The van der Waals surface area contributed by atoms with Crippen molar-refractivity contribution in [2.24, 2.45) is 11.7 Å². The molecule has 0 aliphatic heterocycles. The van der Waals surface area contributed by atoms with Crippen LogP contribution in [0.5, 0.6) is 0 Å². The Kier molecular flexibility index (Phi) is 5.04. The summed E-state index contributed by atoms with van der Waals surface area (Å²) in [5.41, 5.74) is 6.45. The van der Waals surface area contributed by atoms with Gasteiger partial charge in [0.2, 0.25) is 0 Å². The number of rotatable bonds is 5. The average molecular weight is 280 g/mol. The number of hydrogen-bond acceptors (Lipinski definition) is 3. The van der Waals surface area contributed by atoms with Crippen molar-refractivity contribution in [3.8, 4) is 0 Å². The van der Waals surface area contributed by atoms with Crippen molar-refractivity contribution in [1.82, 2.24) is 4.90 Å². The molecular formula is C16H28N2S. The maximum atomic E-state index is 6.23. The fraction of sp³-hybridized carbons (Fsp3) is 0.750. The van der Waals surface area contributed by atoms with Crippen molar-refractivity contribution in [1.29, 1.82) is 0 Å². The van der Waals surface area contributed by atoms with Gasteiger partial charge in [-0.1, -0.05) is 25.8 Å². The molecule has 1 fully saturated rings. The molecule has 1 saturated carbocycles. The Hall–Kier alpha value is -0.380. The normalized spacial score (nSPS) is 28.2. The summed E-state index contributed by atoms with van der Waals surface area (Å²) in [4.78, 5) is 4.12. The van der Waals surface area contributed by atoms with Gasteiger partial charge in [-0.15, -0.1) is 11.3 Å². The summed E-state index contributed by atoms with van der Waals surface area (Å²) < 4.78 is 0. The molecule has 0 amide bonds. The monoisotopic (exact) mass is 280 g/mol. The standard InChI is InChI=1S/C16H28N2S/c1-13(2)18(11-15-7-5-9-19-15)16(12-17)8-4-6-14(3)10-16/h5,7,9,13-14H,4,6,8,10-12,17H2,1-3H3. The van der Waals surface area contributed by atoms with Gasteiger partial charge >= 0.3 is 0 Å². The SMILES string of the molecule is CC1CCCC(CN)(N(Cc2cccs2)C(C)C)C1. The van der Waals surface area contributed by atoms with Crippen LogP contribution in [0.1, 0.15) is 51.3 Å². The summed E-state index contributed by atoms with van der Waals surface area (Å²) in [6.45, 7) is 8.85. The predicted molar refractivity (Wildman–Crippen MR) is 84.4 cm³/mol. The van der Waals surface area contributed by atoms with Gasteiger partial charge in [0.1, 0.15) is 0 Å². The third-order valence-electron chi connectivity index (χ3n) is 4.59. The largest absolute Gasteiger partial charge is 0.329 e. The van der Waals surface area contributed by atoms with Gasteiger partial charge in [0.15, 0.2) is 0 Å². The van der Waals surface area contributed by atoms with Crippen molar-refractivity contribution in [2.75, 3.05) is 6.54 Å². The van der Waals surface area contributed by atoms with Crippen LogP contribution in [-0.4, -0.2) is 23.0 Å². The van der Waals surface area contributed by atoms with E-state index in [0.29, 0.717) is 6.04 Å². The van der Waals surface area contributed by atoms with Gasteiger partial charge in [-0.25, -0.2) is 0 Å². The van der Waals surface area contributed by atoms with Gasteiger partial charge in [-0.05, 0) is 44.1 Å². The van der Waals surface area contributed by atoms with Gasteiger partial charge in [0.05, 0.1) is 0 Å². The fourth-order valence-corrected chi connectivity index (χ4v) is 4.37. The Balaban J connectivity index is 2.20. The van der Waals surface area contributed by atoms with Crippen LogP contribution in [-0.2, 0) is 6.54 Å². The van der Waals surface area contributed by atoms with Crippen LogP contribution in [0.15, 0.2) is 17.5 Å². The molecule has 0 aromatic carbocycles. The topological polar surface area (TPSA) is 29.3 Å². The quantitative estimate of drug-likeness (QED) is 0.887. The maximum Gasteiger partial charge on any atom is 0.0340 e. The lowest BCUT2D eigenvalue weighted by molar-refractivity contribution is 0.00864. The van der Waals surface area contributed by atoms with E-state index in [1.165, 1.54) is 30.6 Å². The van der Waals surface area contributed by atoms with Crippen molar-refractivity contribution in [2.45, 2.75) is 64.6 Å². The first kappa shape index (κ1) is 15.0. The molecule has 2 rings (SSSR count). The van der Waals surface area contributed by atoms with Gasteiger partial charge in [-0.2, -0.15) is 0 Å². The summed E-state index contributed by atoms with van der Waals surface area (Å²) in [5, 5.41) is 2.17. The summed E-state index contributed by atoms with van der Waals surface area (Å²) in [6, 6.07) is 4.95. The van der Waals surface area contributed by atoms with E-state index in [4.69, 9.17) is 5.73 Å². The molecule has 108 valence electrons. The number of nitrogens with two attached hydrogens (primary N) is 1. The van der Waals surface area contributed by atoms with Gasteiger partial charge < -0.3 is 5.73 Å². The zero-order valence-corrected chi connectivity index (χ0v) is 13.4. The Morgan fingerprint density at radius 3 is 2.84 bits per heavy atom. The lowest BCUT2D eigenvalue weighted by atomic mass is 9.74. The summed E-state index contributed by atoms with van der Waals surface area (Å²) >= 11 is 1.86. The van der Waals surface area contributed by atoms with Crippen molar-refractivity contribution in [3.05, 3.63) is 22.4 Å². The van der Waals surface area contributed by atoms with Crippen LogP contribution >= 0.6 is 11.3 Å². The molecule has 1 aliphatic rings. The van der Waals surface area contributed by atoms with Crippen molar-refractivity contribution >= 4 is 11.3 Å². The smallest absolute Gasteiger partial charge is 0.0340 e. The zero-order valence-electron chi connectivity index (χ0n) is 12.6. The van der Waals surface area contributed by atoms with Gasteiger partial charge in [0, 0.05) is 29.5 Å². The van der Waals surface area contributed by atoms with E-state index >= 15 is 0 Å².